The highest BCUT2D eigenvalue weighted by Gasteiger charge is 2.02. The number of hydrogen-bond donors (Lipinski definition) is 2. The fraction of sp³-hybridized carbons (Fsp3) is 0.0588. The first kappa shape index (κ1) is 14.8. The van der Waals surface area contributed by atoms with Gasteiger partial charge in [-0.1, -0.05) is 12.1 Å². The number of ether oxygens (including phenoxy) is 1. The lowest BCUT2D eigenvalue weighted by atomic mass is 10.3. The Balaban J connectivity index is 1.76. The average molecular weight is 310 g/mol. The molecule has 3 rings (SSSR count). The summed E-state index contributed by atoms with van der Waals surface area (Å²) in [7, 11) is 1.62. The number of anilines is 4. The van der Waals surface area contributed by atoms with E-state index in [1.807, 2.05) is 24.3 Å². The second-order valence-corrected chi connectivity index (χ2v) is 4.78. The Morgan fingerprint density at radius 2 is 1.52 bits per heavy atom. The number of methoxy groups -OCH3 is 1. The molecule has 0 fully saturated rings. The van der Waals surface area contributed by atoms with Crippen molar-refractivity contribution >= 4 is 23.0 Å². The molecule has 116 valence electrons. The molecule has 0 unspecified atom stereocenters. The number of rotatable bonds is 5. The predicted octanol–water partition coefficient (Wildman–Crippen LogP) is 4.11. The third kappa shape index (κ3) is 3.94. The topological polar surface area (TPSA) is 59.1 Å². The fourth-order valence-electron chi connectivity index (χ4n) is 2.06. The lowest BCUT2D eigenvalue weighted by molar-refractivity contribution is 0.415. The van der Waals surface area contributed by atoms with Crippen molar-refractivity contribution in [2.45, 2.75) is 0 Å². The van der Waals surface area contributed by atoms with Gasteiger partial charge in [-0.15, -0.1) is 0 Å². The third-order valence-corrected chi connectivity index (χ3v) is 3.11. The van der Waals surface area contributed by atoms with Crippen LogP contribution in [0.2, 0.25) is 0 Å². The first-order valence-electron chi connectivity index (χ1n) is 6.99. The Bertz CT molecular complexity index is 810. The van der Waals surface area contributed by atoms with Crippen LogP contribution in [0.25, 0.3) is 0 Å². The van der Waals surface area contributed by atoms with E-state index in [1.165, 1.54) is 18.5 Å². The molecule has 5 nitrogen and oxygen atoms in total. The smallest absolute Gasteiger partial charge is 0.135 e. The SMILES string of the molecule is COc1cccc(Nc2cc(Nc3cccc(F)c3)ncn2)c1. The lowest BCUT2D eigenvalue weighted by Crippen LogP contribution is -1.98. The minimum absolute atomic E-state index is 0.307. The number of nitrogens with zero attached hydrogens (tertiary/aromatic N) is 2. The minimum atomic E-state index is -0.307. The molecule has 1 heterocycles. The van der Waals surface area contributed by atoms with Crippen LogP contribution < -0.4 is 15.4 Å². The number of benzene rings is 2. The quantitative estimate of drug-likeness (QED) is 0.742. The molecule has 1 aromatic heterocycles. The zero-order valence-electron chi connectivity index (χ0n) is 12.5. The summed E-state index contributed by atoms with van der Waals surface area (Å²) in [6.07, 6.45) is 1.43. The van der Waals surface area contributed by atoms with Crippen LogP contribution in [0.5, 0.6) is 5.75 Å². The molecule has 0 spiro atoms. The molecule has 6 heteroatoms. The molecule has 0 aliphatic carbocycles. The van der Waals surface area contributed by atoms with Gasteiger partial charge in [-0.05, 0) is 30.3 Å². The molecular formula is C17H15FN4O. The van der Waals surface area contributed by atoms with E-state index in [4.69, 9.17) is 4.74 Å². The summed E-state index contributed by atoms with van der Waals surface area (Å²) in [5.74, 6) is 1.63. The van der Waals surface area contributed by atoms with Gasteiger partial charge in [0.25, 0.3) is 0 Å². The Labute approximate surface area is 133 Å². The summed E-state index contributed by atoms with van der Waals surface area (Å²) < 4.78 is 18.4. The molecule has 0 bridgehead atoms. The Morgan fingerprint density at radius 1 is 0.870 bits per heavy atom. The molecule has 0 aliphatic rings. The maximum Gasteiger partial charge on any atom is 0.135 e. The van der Waals surface area contributed by atoms with Crippen LogP contribution in [0.3, 0.4) is 0 Å². The van der Waals surface area contributed by atoms with Crippen molar-refractivity contribution in [2.24, 2.45) is 0 Å². The van der Waals surface area contributed by atoms with E-state index in [0.29, 0.717) is 17.3 Å². The van der Waals surface area contributed by atoms with Gasteiger partial charge in [-0.3, -0.25) is 0 Å². The minimum Gasteiger partial charge on any atom is -0.497 e. The van der Waals surface area contributed by atoms with Gasteiger partial charge >= 0.3 is 0 Å². The number of nitrogens with one attached hydrogen (secondary N) is 2. The summed E-state index contributed by atoms with van der Waals surface area (Å²) in [4.78, 5) is 8.30. The van der Waals surface area contributed by atoms with Crippen LogP contribution in [-0.4, -0.2) is 17.1 Å². The van der Waals surface area contributed by atoms with Crippen molar-refractivity contribution in [3.63, 3.8) is 0 Å². The monoisotopic (exact) mass is 310 g/mol. The van der Waals surface area contributed by atoms with E-state index in [2.05, 4.69) is 20.6 Å². The van der Waals surface area contributed by atoms with Gasteiger partial charge in [-0.25, -0.2) is 14.4 Å². The van der Waals surface area contributed by atoms with Gasteiger partial charge in [0, 0.05) is 23.5 Å². The number of halogens is 1. The van der Waals surface area contributed by atoms with Crippen molar-refractivity contribution in [1.82, 2.24) is 9.97 Å². The Kier molecular flexibility index (Phi) is 4.33. The summed E-state index contributed by atoms with van der Waals surface area (Å²) in [5, 5.41) is 6.21. The number of hydrogen-bond acceptors (Lipinski definition) is 5. The van der Waals surface area contributed by atoms with Crippen LogP contribution in [0.15, 0.2) is 60.9 Å². The molecule has 3 aromatic rings. The maximum absolute atomic E-state index is 13.2. The predicted molar refractivity (Wildman–Crippen MR) is 88.0 cm³/mol. The molecule has 0 atom stereocenters. The first-order chi connectivity index (χ1) is 11.2. The van der Waals surface area contributed by atoms with Gasteiger partial charge in [0.1, 0.15) is 29.5 Å². The zero-order valence-corrected chi connectivity index (χ0v) is 12.5. The highest BCUT2D eigenvalue weighted by molar-refractivity contribution is 5.63. The van der Waals surface area contributed by atoms with Gasteiger partial charge in [0.2, 0.25) is 0 Å². The van der Waals surface area contributed by atoms with Gasteiger partial charge in [-0.2, -0.15) is 0 Å². The van der Waals surface area contributed by atoms with Crippen molar-refractivity contribution in [3.05, 3.63) is 66.7 Å². The average Bonchev–Trinajstić information content (AvgIpc) is 2.55. The van der Waals surface area contributed by atoms with Crippen LogP contribution in [0.4, 0.5) is 27.4 Å². The summed E-state index contributed by atoms with van der Waals surface area (Å²) in [5.41, 5.74) is 1.47. The van der Waals surface area contributed by atoms with Gasteiger partial charge < -0.3 is 15.4 Å². The van der Waals surface area contributed by atoms with E-state index in [1.54, 1.807) is 25.3 Å². The molecular weight excluding hydrogens is 295 g/mol. The van der Waals surface area contributed by atoms with E-state index in [0.717, 1.165) is 11.4 Å². The van der Waals surface area contributed by atoms with Gasteiger partial charge in [0.15, 0.2) is 0 Å². The van der Waals surface area contributed by atoms with Crippen molar-refractivity contribution < 1.29 is 9.13 Å². The normalized spacial score (nSPS) is 10.2. The van der Waals surface area contributed by atoms with E-state index in [9.17, 15) is 4.39 Å². The fourth-order valence-corrected chi connectivity index (χ4v) is 2.06. The second kappa shape index (κ2) is 6.74. The summed E-state index contributed by atoms with van der Waals surface area (Å²) in [6.45, 7) is 0. The highest BCUT2D eigenvalue weighted by atomic mass is 19.1. The second-order valence-electron chi connectivity index (χ2n) is 4.78. The van der Waals surface area contributed by atoms with Crippen LogP contribution >= 0.6 is 0 Å². The highest BCUT2D eigenvalue weighted by Crippen LogP contribution is 2.22. The Hall–Kier alpha value is -3.15. The summed E-state index contributed by atoms with van der Waals surface area (Å²) in [6, 6.07) is 15.4. The molecule has 23 heavy (non-hydrogen) atoms. The lowest BCUT2D eigenvalue weighted by Gasteiger charge is -2.09. The first-order valence-corrected chi connectivity index (χ1v) is 6.99. The van der Waals surface area contributed by atoms with E-state index >= 15 is 0 Å². The zero-order chi connectivity index (χ0) is 16.1. The van der Waals surface area contributed by atoms with Crippen LogP contribution in [-0.2, 0) is 0 Å². The Morgan fingerprint density at radius 3 is 2.17 bits per heavy atom. The van der Waals surface area contributed by atoms with Crippen LogP contribution in [0, 0.1) is 5.82 Å². The van der Waals surface area contributed by atoms with Crippen LogP contribution in [0.1, 0.15) is 0 Å². The molecule has 0 radical (unpaired) electrons. The molecule has 0 saturated heterocycles. The molecule has 0 aliphatic heterocycles. The van der Waals surface area contributed by atoms with E-state index < -0.39 is 0 Å². The molecule has 2 aromatic carbocycles. The summed E-state index contributed by atoms with van der Waals surface area (Å²) >= 11 is 0. The maximum atomic E-state index is 13.2. The van der Waals surface area contributed by atoms with Crippen molar-refractivity contribution in [2.75, 3.05) is 17.7 Å². The number of aromatic nitrogens is 2. The van der Waals surface area contributed by atoms with Gasteiger partial charge in [0.05, 0.1) is 7.11 Å². The van der Waals surface area contributed by atoms with Crippen molar-refractivity contribution in [1.29, 1.82) is 0 Å². The molecule has 0 saturated carbocycles. The standard InChI is InChI=1S/C17H15FN4O/c1-23-15-7-3-6-14(9-15)22-17-10-16(19-11-20-17)21-13-5-2-4-12(18)8-13/h2-11H,1H3,(H2,19,20,21,22). The molecule has 2 N–H and O–H groups in total. The van der Waals surface area contributed by atoms with Crippen molar-refractivity contribution in [3.8, 4) is 5.75 Å². The van der Waals surface area contributed by atoms with E-state index in [-0.39, 0.29) is 5.82 Å². The largest absolute Gasteiger partial charge is 0.497 e. The molecule has 0 amide bonds. The third-order valence-electron chi connectivity index (χ3n) is 3.11.